The van der Waals surface area contributed by atoms with Crippen molar-refractivity contribution in [3.05, 3.63) is 77.9 Å². The van der Waals surface area contributed by atoms with E-state index in [2.05, 4.69) is 74.3 Å². The van der Waals surface area contributed by atoms with Crippen molar-refractivity contribution in [2.75, 3.05) is 0 Å². The molecule has 0 saturated heterocycles. The topological polar surface area (TPSA) is 25.0 Å². The summed E-state index contributed by atoms with van der Waals surface area (Å²) < 4.78 is 5.95. The smallest absolute Gasteiger partial charge is 0.121 e. The molecule has 126 valence electrons. The van der Waals surface area contributed by atoms with Crippen LogP contribution in [0.15, 0.2) is 66.7 Å². The number of ether oxygens (including phenoxy) is 1. The molecule has 4 aromatic rings. The van der Waals surface area contributed by atoms with Gasteiger partial charge >= 0.3 is 0 Å². The van der Waals surface area contributed by atoms with Gasteiger partial charge in [0.1, 0.15) is 12.4 Å². The summed E-state index contributed by atoms with van der Waals surface area (Å²) in [6, 6.07) is 23.3. The quantitative estimate of drug-likeness (QED) is 0.476. The fraction of sp³-hybridized carbons (Fsp3) is 0.217. The molecule has 0 aliphatic heterocycles. The molecule has 25 heavy (non-hydrogen) atoms. The Morgan fingerprint density at radius 1 is 0.800 bits per heavy atom. The maximum Gasteiger partial charge on any atom is 0.121 e. The van der Waals surface area contributed by atoms with Gasteiger partial charge in [-0.25, -0.2) is 0 Å². The van der Waals surface area contributed by atoms with E-state index in [1.807, 2.05) is 18.2 Å². The van der Waals surface area contributed by atoms with Gasteiger partial charge in [-0.2, -0.15) is 0 Å². The molecule has 0 saturated carbocycles. The molecule has 0 unspecified atom stereocenters. The predicted molar refractivity (Wildman–Crippen MR) is 105 cm³/mol. The molecule has 2 nitrogen and oxygen atoms in total. The standard InChI is InChI=1S/C23H23NO/c1-23(2,3)17-9-11-19-20-12-10-18(14-22(20)24-21(19)13-17)25-15-16-7-5-4-6-8-16/h4-14,24H,15H2,1-3H3. The third-order valence-corrected chi connectivity index (χ3v) is 4.68. The van der Waals surface area contributed by atoms with Crippen molar-refractivity contribution >= 4 is 21.8 Å². The van der Waals surface area contributed by atoms with E-state index in [-0.39, 0.29) is 5.41 Å². The summed E-state index contributed by atoms with van der Waals surface area (Å²) in [5, 5.41) is 2.50. The maximum absolute atomic E-state index is 5.95. The lowest BCUT2D eigenvalue weighted by molar-refractivity contribution is 0.306. The van der Waals surface area contributed by atoms with Crippen molar-refractivity contribution in [2.24, 2.45) is 0 Å². The molecule has 0 aliphatic carbocycles. The van der Waals surface area contributed by atoms with E-state index in [9.17, 15) is 0 Å². The summed E-state index contributed by atoms with van der Waals surface area (Å²) in [6.45, 7) is 7.31. The summed E-state index contributed by atoms with van der Waals surface area (Å²) in [4.78, 5) is 3.55. The van der Waals surface area contributed by atoms with Gasteiger partial charge in [0, 0.05) is 22.4 Å². The molecule has 0 fully saturated rings. The van der Waals surface area contributed by atoms with Gasteiger partial charge in [0.25, 0.3) is 0 Å². The average Bonchev–Trinajstić information content (AvgIpc) is 2.97. The van der Waals surface area contributed by atoms with E-state index in [0.29, 0.717) is 6.61 Å². The fourth-order valence-electron chi connectivity index (χ4n) is 3.19. The number of aromatic amines is 1. The Kier molecular flexibility index (Phi) is 3.76. The van der Waals surface area contributed by atoms with Crippen LogP contribution in [0.2, 0.25) is 0 Å². The summed E-state index contributed by atoms with van der Waals surface area (Å²) in [5.74, 6) is 0.888. The fourth-order valence-corrected chi connectivity index (χ4v) is 3.19. The van der Waals surface area contributed by atoms with Crippen LogP contribution in [-0.2, 0) is 12.0 Å². The molecule has 1 aromatic heterocycles. The summed E-state index contributed by atoms with van der Waals surface area (Å²) in [5.41, 5.74) is 4.96. The summed E-state index contributed by atoms with van der Waals surface area (Å²) >= 11 is 0. The largest absolute Gasteiger partial charge is 0.489 e. The number of nitrogens with one attached hydrogen (secondary N) is 1. The number of hydrogen-bond acceptors (Lipinski definition) is 1. The van der Waals surface area contributed by atoms with Crippen LogP contribution in [0.4, 0.5) is 0 Å². The van der Waals surface area contributed by atoms with Crippen LogP contribution < -0.4 is 4.74 Å². The third kappa shape index (κ3) is 3.12. The molecule has 0 spiro atoms. The first kappa shape index (κ1) is 15.8. The molecular weight excluding hydrogens is 306 g/mol. The van der Waals surface area contributed by atoms with E-state index >= 15 is 0 Å². The summed E-state index contributed by atoms with van der Waals surface area (Å²) in [6.07, 6.45) is 0. The van der Waals surface area contributed by atoms with E-state index in [1.165, 1.54) is 27.4 Å². The molecule has 0 aliphatic rings. The van der Waals surface area contributed by atoms with Gasteiger partial charge in [-0.3, -0.25) is 0 Å². The van der Waals surface area contributed by atoms with Crippen LogP contribution >= 0.6 is 0 Å². The number of rotatable bonds is 3. The molecule has 0 radical (unpaired) electrons. The molecule has 4 rings (SSSR count). The molecule has 1 heterocycles. The zero-order valence-corrected chi connectivity index (χ0v) is 15.0. The third-order valence-electron chi connectivity index (χ3n) is 4.68. The van der Waals surface area contributed by atoms with E-state index in [4.69, 9.17) is 4.74 Å². The molecule has 2 heteroatoms. The molecule has 3 aromatic carbocycles. The van der Waals surface area contributed by atoms with Crippen molar-refractivity contribution in [3.8, 4) is 5.75 Å². The Bertz CT molecular complexity index is 1020. The first-order chi connectivity index (χ1) is 12.0. The predicted octanol–water partition coefficient (Wildman–Crippen LogP) is 6.20. The van der Waals surface area contributed by atoms with Gasteiger partial charge in [-0.15, -0.1) is 0 Å². The Balaban J connectivity index is 1.67. The van der Waals surface area contributed by atoms with E-state index in [0.717, 1.165) is 11.3 Å². The highest BCUT2D eigenvalue weighted by Crippen LogP contribution is 2.32. The van der Waals surface area contributed by atoms with Crippen LogP contribution in [0.3, 0.4) is 0 Å². The van der Waals surface area contributed by atoms with Gasteiger partial charge in [-0.1, -0.05) is 63.2 Å². The van der Waals surface area contributed by atoms with Crippen molar-refractivity contribution < 1.29 is 4.74 Å². The van der Waals surface area contributed by atoms with Crippen molar-refractivity contribution in [1.29, 1.82) is 0 Å². The number of hydrogen-bond donors (Lipinski definition) is 1. The molecule has 0 atom stereocenters. The highest BCUT2D eigenvalue weighted by atomic mass is 16.5. The minimum Gasteiger partial charge on any atom is -0.489 e. The first-order valence-electron chi connectivity index (χ1n) is 8.73. The van der Waals surface area contributed by atoms with Gasteiger partial charge in [0.15, 0.2) is 0 Å². The molecule has 0 bridgehead atoms. The summed E-state index contributed by atoms with van der Waals surface area (Å²) in [7, 11) is 0. The maximum atomic E-state index is 5.95. The highest BCUT2D eigenvalue weighted by molar-refractivity contribution is 6.07. The van der Waals surface area contributed by atoms with Gasteiger partial charge < -0.3 is 9.72 Å². The van der Waals surface area contributed by atoms with Crippen LogP contribution in [0.25, 0.3) is 21.8 Å². The zero-order chi connectivity index (χ0) is 17.4. The minimum atomic E-state index is 0.148. The lowest BCUT2D eigenvalue weighted by Gasteiger charge is -2.18. The Hall–Kier alpha value is -2.74. The molecule has 1 N–H and O–H groups in total. The lowest BCUT2D eigenvalue weighted by atomic mass is 9.86. The lowest BCUT2D eigenvalue weighted by Crippen LogP contribution is -2.10. The van der Waals surface area contributed by atoms with Gasteiger partial charge in [-0.05, 0) is 34.7 Å². The van der Waals surface area contributed by atoms with Gasteiger partial charge in [0.05, 0.1) is 5.52 Å². The van der Waals surface area contributed by atoms with Crippen LogP contribution in [0.5, 0.6) is 5.75 Å². The monoisotopic (exact) mass is 329 g/mol. The van der Waals surface area contributed by atoms with E-state index in [1.54, 1.807) is 0 Å². The SMILES string of the molecule is CC(C)(C)c1ccc2c(c1)[nH]c1cc(OCc3ccccc3)ccc12. The second kappa shape index (κ2) is 5.96. The van der Waals surface area contributed by atoms with Crippen LogP contribution in [0, 0.1) is 0 Å². The number of H-pyrrole nitrogens is 1. The normalized spacial score (nSPS) is 12.0. The van der Waals surface area contributed by atoms with Crippen molar-refractivity contribution in [3.63, 3.8) is 0 Å². The average molecular weight is 329 g/mol. The second-order valence-corrected chi connectivity index (χ2v) is 7.62. The molecule has 0 amide bonds. The number of benzene rings is 3. The van der Waals surface area contributed by atoms with Crippen molar-refractivity contribution in [2.45, 2.75) is 32.8 Å². The van der Waals surface area contributed by atoms with Crippen LogP contribution in [0.1, 0.15) is 31.9 Å². The number of aromatic nitrogens is 1. The number of fused-ring (bicyclic) bond motifs is 3. The second-order valence-electron chi connectivity index (χ2n) is 7.62. The van der Waals surface area contributed by atoms with Crippen LogP contribution in [-0.4, -0.2) is 4.98 Å². The minimum absolute atomic E-state index is 0.148. The van der Waals surface area contributed by atoms with E-state index < -0.39 is 0 Å². The zero-order valence-electron chi connectivity index (χ0n) is 15.0. The Morgan fingerprint density at radius 3 is 2.20 bits per heavy atom. The van der Waals surface area contributed by atoms with Crippen molar-refractivity contribution in [1.82, 2.24) is 4.98 Å². The molecular formula is C23H23NO. The highest BCUT2D eigenvalue weighted by Gasteiger charge is 2.15. The van der Waals surface area contributed by atoms with Gasteiger partial charge in [0.2, 0.25) is 0 Å². The Labute approximate surface area is 148 Å². The first-order valence-corrected chi connectivity index (χ1v) is 8.73. The Morgan fingerprint density at radius 2 is 1.48 bits per heavy atom.